The molecule has 5 nitrogen and oxygen atoms in total. The first-order chi connectivity index (χ1) is 15.7. The minimum absolute atomic E-state index is 0.0485. The van der Waals surface area contributed by atoms with Crippen LogP contribution in [0.25, 0.3) is 0 Å². The molecule has 3 rings (SSSR count). The van der Waals surface area contributed by atoms with E-state index < -0.39 is 6.10 Å². The lowest BCUT2D eigenvalue weighted by Crippen LogP contribution is -2.32. The van der Waals surface area contributed by atoms with Crippen LogP contribution >= 0.6 is 0 Å². The molecule has 0 aliphatic carbocycles. The van der Waals surface area contributed by atoms with E-state index in [2.05, 4.69) is 31.4 Å². The van der Waals surface area contributed by atoms with Gasteiger partial charge < -0.3 is 15.4 Å². The summed E-state index contributed by atoms with van der Waals surface area (Å²) < 4.78 is 5.82. The van der Waals surface area contributed by atoms with Gasteiger partial charge in [-0.05, 0) is 54.2 Å². The summed E-state index contributed by atoms with van der Waals surface area (Å²) in [6.07, 6.45) is 0.0136. The van der Waals surface area contributed by atoms with Gasteiger partial charge in [-0.3, -0.25) is 9.59 Å². The van der Waals surface area contributed by atoms with Crippen molar-refractivity contribution in [3.8, 4) is 5.75 Å². The van der Waals surface area contributed by atoms with Crippen LogP contribution in [0.4, 0.5) is 5.69 Å². The zero-order valence-corrected chi connectivity index (χ0v) is 19.7. The average Bonchev–Trinajstić information content (AvgIpc) is 2.79. The van der Waals surface area contributed by atoms with Crippen molar-refractivity contribution < 1.29 is 14.3 Å². The quantitative estimate of drug-likeness (QED) is 0.491. The Kier molecular flexibility index (Phi) is 7.88. The van der Waals surface area contributed by atoms with Gasteiger partial charge in [0.1, 0.15) is 5.75 Å². The third-order valence-corrected chi connectivity index (χ3v) is 5.37. The highest BCUT2D eigenvalue weighted by Crippen LogP contribution is 2.25. The predicted octanol–water partition coefficient (Wildman–Crippen LogP) is 5.36. The van der Waals surface area contributed by atoms with E-state index in [9.17, 15) is 9.59 Å². The van der Waals surface area contributed by atoms with E-state index in [0.717, 1.165) is 12.0 Å². The molecule has 33 heavy (non-hydrogen) atoms. The van der Waals surface area contributed by atoms with E-state index in [-0.39, 0.29) is 17.2 Å². The van der Waals surface area contributed by atoms with Crippen molar-refractivity contribution in [1.82, 2.24) is 5.32 Å². The molecule has 1 unspecified atom stereocenters. The Bertz CT molecular complexity index is 1070. The second-order valence-electron chi connectivity index (χ2n) is 9.06. The molecule has 3 aromatic rings. The molecular weight excluding hydrogens is 412 g/mol. The minimum atomic E-state index is -0.723. The van der Waals surface area contributed by atoms with Crippen LogP contribution in [0.3, 0.4) is 0 Å². The highest BCUT2D eigenvalue weighted by molar-refractivity contribution is 6.04. The van der Waals surface area contributed by atoms with Crippen molar-refractivity contribution in [3.05, 3.63) is 95.6 Å². The largest absolute Gasteiger partial charge is 0.481 e. The van der Waals surface area contributed by atoms with E-state index in [1.54, 1.807) is 31.2 Å². The molecule has 0 bridgehead atoms. The van der Waals surface area contributed by atoms with Crippen molar-refractivity contribution in [2.24, 2.45) is 0 Å². The Morgan fingerprint density at radius 2 is 1.52 bits per heavy atom. The standard InChI is InChI=1S/C28H32N2O3/c1-20(33-23-16-14-22(15-17-23)28(2,3)4)26(31)30-25-13-9-8-12-24(25)27(32)29-19-18-21-10-6-5-7-11-21/h5-17,20H,18-19H2,1-4H3,(H,29,32)(H,30,31). The maximum atomic E-state index is 12.7. The normalized spacial score (nSPS) is 12.0. The molecule has 2 amide bonds. The van der Waals surface area contributed by atoms with Crippen molar-refractivity contribution in [2.45, 2.75) is 45.6 Å². The van der Waals surface area contributed by atoms with Crippen molar-refractivity contribution in [1.29, 1.82) is 0 Å². The van der Waals surface area contributed by atoms with E-state index in [0.29, 0.717) is 23.5 Å². The van der Waals surface area contributed by atoms with Gasteiger partial charge in [0.25, 0.3) is 11.8 Å². The molecule has 0 radical (unpaired) electrons. The summed E-state index contributed by atoms with van der Waals surface area (Å²) >= 11 is 0. The monoisotopic (exact) mass is 444 g/mol. The Morgan fingerprint density at radius 3 is 2.18 bits per heavy atom. The Morgan fingerprint density at radius 1 is 0.879 bits per heavy atom. The van der Waals surface area contributed by atoms with Crippen LogP contribution in [-0.4, -0.2) is 24.5 Å². The molecule has 1 atom stereocenters. The SMILES string of the molecule is CC(Oc1ccc(C(C)(C)C)cc1)C(=O)Nc1ccccc1C(=O)NCCc1ccccc1. The van der Waals surface area contributed by atoms with Crippen LogP contribution in [0, 0.1) is 0 Å². The number of carbonyl (C=O) groups excluding carboxylic acids is 2. The van der Waals surface area contributed by atoms with Crippen LogP contribution in [0.5, 0.6) is 5.75 Å². The number of anilines is 1. The Labute approximate surface area is 196 Å². The summed E-state index contributed by atoms with van der Waals surface area (Å²) in [6, 6.07) is 24.7. The number of ether oxygens (including phenoxy) is 1. The average molecular weight is 445 g/mol. The second-order valence-corrected chi connectivity index (χ2v) is 9.06. The third kappa shape index (κ3) is 6.94. The van der Waals surface area contributed by atoms with Gasteiger partial charge in [0.2, 0.25) is 0 Å². The number of rotatable bonds is 8. The van der Waals surface area contributed by atoms with Gasteiger partial charge >= 0.3 is 0 Å². The van der Waals surface area contributed by atoms with Crippen LogP contribution in [0.1, 0.15) is 49.2 Å². The van der Waals surface area contributed by atoms with Gasteiger partial charge in [0.05, 0.1) is 11.3 Å². The van der Waals surface area contributed by atoms with Crippen LogP contribution in [0.2, 0.25) is 0 Å². The van der Waals surface area contributed by atoms with Gasteiger partial charge in [0.15, 0.2) is 6.10 Å². The summed E-state index contributed by atoms with van der Waals surface area (Å²) in [4.78, 5) is 25.5. The molecule has 0 aliphatic rings. The predicted molar refractivity (Wildman–Crippen MR) is 133 cm³/mol. The van der Waals surface area contributed by atoms with Gasteiger partial charge in [-0.25, -0.2) is 0 Å². The maximum absolute atomic E-state index is 12.7. The maximum Gasteiger partial charge on any atom is 0.265 e. The molecular formula is C28H32N2O3. The molecule has 172 valence electrons. The molecule has 0 heterocycles. The van der Waals surface area contributed by atoms with Crippen molar-refractivity contribution in [2.75, 3.05) is 11.9 Å². The zero-order chi connectivity index (χ0) is 23.8. The van der Waals surface area contributed by atoms with Crippen molar-refractivity contribution >= 4 is 17.5 Å². The fourth-order valence-electron chi connectivity index (χ4n) is 3.38. The number of hydrogen-bond acceptors (Lipinski definition) is 3. The Hall–Kier alpha value is -3.60. The van der Waals surface area contributed by atoms with Crippen LogP contribution < -0.4 is 15.4 Å². The number of para-hydroxylation sites is 1. The Balaban J connectivity index is 1.58. The topological polar surface area (TPSA) is 67.4 Å². The first-order valence-corrected chi connectivity index (χ1v) is 11.2. The number of hydrogen-bond donors (Lipinski definition) is 2. The first-order valence-electron chi connectivity index (χ1n) is 11.2. The number of benzene rings is 3. The summed E-state index contributed by atoms with van der Waals surface area (Å²) in [7, 11) is 0. The molecule has 0 fully saturated rings. The first kappa shape index (κ1) is 24.1. The third-order valence-electron chi connectivity index (χ3n) is 5.37. The summed E-state index contributed by atoms with van der Waals surface area (Å²) in [5, 5.41) is 5.76. The minimum Gasteiger partial charge on any atom is -0.481 e. The van der Waals surface area contributed by atoms with Gasteiger partial charge in [0, 0.05) is 6.54 Å². The lowest BCUT2D eigenvalue weighted by Gasteiger charge is -2.20. The van der Waals surface area contributed by atoms with Gasteiger partial charge in [-0.1, -0.05) is 75.4 Å². The number of amides is 2. The summed E-state index contributed by atoms with van der Waals surface area (Å²) in [6.45, 7) is 8.64. The fourth-order valence-corrected chi connectivity index (χ4v) is 3.38. The van der Waals surface area contributed by atoms with E-state index in [1.807, 2.05) is 54.6 Å². The number of nitrogens with one attached hydrogen (secondary N) is 2. The highest BCUT2D eigenvalue weighted by Gasteiger charge is 2.19. The van der Waals surface area contributed by atoms with E-state index >= 15 is 0 Å². The molecule has 0 aliphatic heterocycles. The number of carbonyl (C=O) groups is 2. The van der Waals surface area contributed by atoms with Crippen LogP contribution in [-0.2, 0) is 16.6 Å². The van der Waals surface area contributed by atoms with E-state index in [1.165, 1.54) is 5.56 Å². The molecule has 0 saturated carbocycles. The molecule has 0 aromatic heterocycles. The van der Waals surface area contributed by atoms with Crippen LogP contribution in [0.15, 0.2) is 78.9 Å². The lowest BCUT2D eigenvalue weighted by molar-refractivity contribution is -0.122. The van der Waals surface area contributed by atoms with E-state index in [4.69, 9.17) is 4.74 Å². The smallest absolute Gasteiger partial charge is 0.265 e. The molecule has 2 N–H and O–H groups in total. The summed E-state index contributed by atoms with van der Waals surface area (Å²) in [5.41, 5.74) is 3.27. The fraction of sp³-hybridized carbons (Fsp3) is 0.286. The molecule has 5 heteroatoms. The zero-order valence-electron chi connectivity index (χ0n) is 19.7. The lowest BCUT2D eigenvalue weighted by atomic mass is 9.87. The second kappa shape index (κ2) is 10.8. The summed E-state index contributed by atoms with van der Waals surface area (Å²) in [5.74, 6) is 0.0743. The van der Waals surface area contributed by atoms with Gasteiger partial charge in [-0.2, -0.15) is 0 Å². The highest BCUT2D eigenvalue weighted by atomic mass is 16.5. The molecule has 0 saturated heterocycles. The van der Waals surface area contributed by atoms with Gasteiger partial charge in [-0.15, -0.1) is 0 Å². The molecule has 0 spiro atoms. The van der Waals surface area contributed by atoms with Crippen molar-refractivity contribution in [3.63, 3.8) is 0 Å². The molecule has 3 aromatic carbocycles.